The zero-order chi connectivity index (χ0) is 10.2. The molecule has 14 heavy (non-hydrogen) atoms. The molecule has 1 saturated carbocycles. The quantitative estimate of drug-likeness (QED) is 0.806. The summed E-state index contributed by atoms with van der Waals surface area (Å²) in [4.78, 5) is 0. The number of alkyl halides is 3. The second-order valence-corrected chi connectivity index (χ2v) is 3.28. The van der Waals surface area contributed by atoms with Crippen molar-refractivity contribution in [1.82, 2.24) is 10.2 Å². The van der Waals surface area contributed by atoms with Crippen LogP contribution in [0.15, 0.2) is 6.20 Å². The van der Waals surface area contributed by atoms with Crippen molar-refractivity contribution >= 4 is 0 Å². The maximum atomic E-state index is 12.3. The molecule has 1 heterocycles. The van der Waals surface area contributed by atoms with E-state index in [4.69, 9.17) is 4.74 Å². The summed E-state index contributed by atoms with van der Waals surface area (Å²) in [7, 11) is 0. The van der Waals surface area contributed by atoms with E-state index in [1.165, 1.54) is 0 Å². The summed E-state index contributed by atoms with van der Waals surface area (Å²) in [6, 6.07) is 0. The van der Waals surface area contributed by atoms with Crippen molar-refractivity contribution in [2.75, 3.05) is 0 Å². The normalized spacial score (nSPS) is 17.9. The van der Waals surface area contributed by atoms with E-state index in [1.807, 2.05) is 5.10 Å². The summed E-state index contributed by atoms with van der Waals surface area (Å²) in [6.07, 6.45) is -0.764. The molecule has 0 spiro atoms. The summed E-state index contributed by atoms with van der Waals surface area (Å²) >= 11 is 0. The summed E-state index contributed by atoms with van der Waals surface area (Å²) in [5.74, 6) is -0.192. The van der Waals surface area contributed by atoms with Crippen LogP contribution in [0.5, 0.6) is 5.75 Å². The number of H-pyrrole nitrogens is 1. The van der Waals surface area contributed by atoms with Crippen LogP contribution >= 0.6 is 0 Å². The standard InChI is InChI=1S/C8H9F3N2O/c9-8(10,11)7-6(4-12-13-7)14-5-2-1-3-5/h4-5H,1-3H2,(H,12,13). The van der Waals surface area contributed by atoms with Crippen molar-refractivity contribution in [3.8, 4) is 5.75 Å². The molecular weight excluding hydrogens is 197 g/mol. The van der Waals surface area contributed by atoms with Crippen molar-refractivity contribution in [2.24, 2.45) is 0 Å². The fourth-order valence-corrected chi connectivity index (χ4v) is 1.24. The zero-order valence-electron chi connectivity index (χ0n) is 7.27. The molecule has 0 radical (unpaired) electrons. The average Bonchev–Trinajstić information content (AvgIpc) is 2.42. The van der Waals surface area contributed by atoms with Crippen molar-refractivity contribution < 1.29 is 17.9 Å². The first kappa shape index (κ1) is 9.36. The molecule has 1 aromatic rings. The second-order valence-electron chi connectivity index (χ2n) is 3.28. The first-order valence-electron chi connectivity index (χ1n) is 4.34. The van der Waals surface area contributed by atoms with Gasteiger partial charge < -0.3 is 4.74 Å². The monoisotopic (exact) mass is 206 g/mol. The molecular formula is C8H9F3N2O. The Labute approximate surface area is 78.3 Å². The van der Waals surface area contributed by atoms with E-state index in [-0.39, 0.29) is 11.9 Å². The third-order valence-corrected chi connectivity index (χ3v) is 2.23. The smallest absolute Gasteiger partial charge is 0.436 e. The van der Waals surface area contributed by atoms with Crippen LogP contribution in [0.2, 0.25) is 0 Å². The first-order chi connectivity index (χ1) is 6.57. The lowest BCUT2D eigenvalue weighted by molar-refractivity contribution is -0.143. The summed E-state index contributed by atoms with van der Waals surface area (Å²) < 4.78 is 42.0. The highest BCUT2D eigenvalue weighted by Gasteiger charge is 2.37. The van der Waals surface area contributed by atoms with E-state index in [2.05, 4.69) is 5.10 Å². The largest absolute Gasteiger partial charge is 0.486 e. The van der Waals surface area contributed by atoms with Crippen LogP contribution in [0.25, 0.3) is 0 Å². The third kappa shape index (κ3) is 1.69. The van der Waals surface area contributed by atoms with Crippen LogP contribution in [-0.4, -0.2) is 16.3 Å². The summed E-state index contributed by atoms with van der Waals surface area (Å²) in [5.41, 5.74) is -0.899. The zero-order valence-corrected chi connectivity index (χ0v) is 7.27. The number of nitrogens with one attached hydrogen (secondary N) is 1. The number of hydrogen-bond donors (Lipinski definition) is 1. The highest BCUT2D eigenvalue weighted by molar-refractivity contribution is 5.26. The van der Waals surface area contributed by atoms with Crippen molar-refractivity contribution in [3.63, 3.8) is 0 Å². The highest BCUT2D eigenvalue weighted by Crippen LogP contribution is 2.36. The van der Waals surface area contributed by atoms with Crippen molar-refractivity contribution in [3.05, 3.63) is 11.9 Å². The van der Waals surface area contributed by atoms with Gasteiger partial charge in [-0.2, -0.15) is 18.3 Å². The summed E-state index contributed by atoms with van der Waals surface area (Å²) in [5, 5.41) is 5.23. The number of aromatic nitrogens is 2. The molecule has 2 rings (SSSR count). The van der Waals surface area contributed by atoms with Crippen LogP contribution in [0.3, 0.4) is 0 Å². The number of ether oxygens (including phenoxy) is 1. The SMILES string of the molecule is FC(F)(F)c1[nH]ncc1OC1CCC1. The fourth-order valence-electron chi connectivity index (χ4n) is 1.24. The van der Waals surface area contributed by atoms with Crippen LogP contribution in [-0.2, 0) is 6.18 Å². The number of nitrogens with zero attached hydrogens (tertiary/aromatic N) is 1. The topological polar surface area (TPSA) is 37.9 Å². The van der Waals surface area contributed by atoms with Gasteiger partial charge in [-0.1, -0.05) is 0 Å². The predicted octanol–water partition coefficient (Wildman–Crippen LogP) is 2.36. The Kier molecular flexibility index (Phi) is 2.13. The molecule has 0 saturated heterocycles. The minimum absolute atomic E-state index is 0.0753. The lowest BCUT2D eigenvalue weighted by Crippen LogP contribution is -2.25. The highest BCUT2D eigenvalue weighted by atomic mass is 19.4. The Morgan fingerprint density at radius 3 is 2.64 bits per heavy atom. The Hall–Kier alpha value is -1.20. The lowest BCUT2D eigenvalue weighted by atomic mass is 9.96. The Morgan fingerprint density at radius 2 is 2.14 bits per heavy atom. The van der Waals surface area contributed by atoms with Crippen LogP contribution in [0.4, 0.5) is 13.2 Å². The molecule has 0 bridgehead atoms. The van der Waals surface area contributed by atoms with Gasteiger partial charge >= 0.3 is 6.18 Å². The maximum absolute atomic E-state index is 12.3. The van der Waals surface area contributed by atoms with E-state index in [0.717, 1.165) is 25.5 Å². The lowest BCUT2D eigenvalue weighted by Gasteiger charge is -2.26. The molecule has 1 fully saturated rings. The molecule has 0 amide bonds. The Bertz CT molecular complexity index is 317. The molecule has 1 aliphatic carbocycles. The Balaban J connectivity index is 2.12. The van der Waals surface area contributed by atoms with Crippen LogP contribution in [0.1, 0.15) is 25.0 Å². The first-order valence-corrected chi connectivity index (χ1v) is 4.34. The molecule has 1 aliphatic rings. The number of hydrogen-bond acceptors (Lipinski definition) is 2. The molecule has 0 atom stereocenters. The molecule has 1 N–H and O–H groups in total. The molecule has 0 aromatic carbocycles. The van der Waals surface area contributed by atoms with Gasteiger partial charge in [0.25, 0.3) is 0 Å². The van der Waals surface area contributed by atoms with Gasteiger partial charge in [-0.25, -0.2) is 0 Å². The van der Waals surface area contributed by atoms with Crippen LogP contribution in [0, 0.1) is 0 Å². The fraction of sp³-hybridized carbons (Fsp3) is 0.625. The maximum Gasteiger partial charge on any atom is 0.436 e. The third-order valence-electron chi connectivity index (χ3n) is 2.23. The Morgan fingerprint density at radius 1 is 1.43 bits per heavy atom. The second kappa shape index (κ2) is 3.18. The van der Waals surface area contributed by atoms with E-state index in [1.54, 1.807) is 0 Å². The van der Waals surface area contributed by atoms with Gasteiger partial charge in [0.2, 0.25) is 0 Å². The number of rotatable bonds is 2. The predicted molar refractivity (Wildman–Crippen MR) is 41.9 cm³/mol. The van der Waals surface area contributed by atoms with Gasteiger partial charge in [0.1, 0.15) is 0 Å². The minimum atomic E-state index is -4.42. The summed E-state index contributed by atoms with van der Waals surface area (Å²) in [6.45, 7) is 0. The van der Waals surface area contributed by atoms with E-state index >= 15 is 0 Å². The van der Waals surface area contributed by atoms with Gasteiger partial charge in [0.05, 0.1) is 12.3 Å². The van der Waals surface area contributed by atoms with Gasteiger partial charge in [-0.15, -0.1) is 0 Å². The van der Waals surface area contributed by atoms with E-state index < -0.39 is 11.9 Å². The van der Waals surface area contributed by atoms with Gasteiger partial charge in [-0.05, 0) is 19.3 Å². The molecule has 0 unspecified atom stereocenters. The van der Waals surface area contributed by atoms with E-state index in [0.29, 0.717) is 0 Å². The van der Waals surface area contributed by atoms with Gasteiger partial charge in [0, 0.05) is 0 Å². The number of aromatic amines is 1. The minimum Gasteiger partial charge on any atom is -0.486 e. The van der Waals surface area contributed by atoms with Crippen LogP contribution < -0.4 is 4.74 Å². The van der Waals surface area contributed by atoms with Crippen molar-refractivity contribution in [1.29, 1.82) is 0 Å². The number of halogens is 3. The molecule has 3 nitrogen and oxygen atoms in total. The van der Waals surface area contributed by atoms with Gasteiger partial charge in [0.15, 0.2) is 11.4 Å². The molecule has 1 aromatic heterocycles. The molecule has 0 aliphatic heterocycles. The van der Waals surface area contributed by atoms with E-state index in [9.17, 15) is 13.2 Å². The van der Waals surface area contributed by atoms with Gasteiger partial charge in [-0.3, -0.25) is 5.10 Å². The molecule has 78 valence electrons. The molecule has 6 heteroatoms. The van der Waals surface area contributed by atoms with Crippen molar-refractivity contribution in [2.45, 2.75) is 31.5 Å². The average molecular weight is 206 g/mol.